The summed E-state index contributed by atoms with van der Waals surface area (Å²) >= 11 is 0. The van der Waals surface area contributed by atoms with Crippen molar-refractivity contribution in [1.29, 1.82) is 0 Å². The van der Waals surface area contributed by atoms with Gasteiger partial charge in [0.2, 0.25) is 0 Å². The van der Waals surface area contributed by atoms with Crippen LogP contribution in [0.25, 0.3) is 0 Å². The first kappa shape index (κ1) is 12.4. The molecule has 0 N–H and O–H groups in total. The number of hydrogen-bond acceptors (Lipinski definition) is 4. The number of benzene rings is 2. The zero-order valence-electron chi connectivity index (χ0n) is 10.8. The van der Waals surface area contributed by atoms with Gasteiger partial charge in [-0.3, -0.25) is 9.59 Å². The molecule has 100 valence electrons. The van der Waals surface area contributed by atoms with Crippen molar-refractivity contribution in [2.75, 3.05) is 0 Å². The lowest BCUT2D eigenvalue weighted by atomic mass is 9.84. The lowest BCUT2D eigenvalue weighted by Crippen LogP contribution is -2.41. The van der Waals surface area contributed by atoms with Crippen LogP contribution in [0.2, 0.25) is 0 Å². The molecule has 3 rings (SSSR count). The number of fused-ring (bicyclic) bond motifs is 1. The van der Waals surface area contributed by atoms with E-state index in [-0.39, 0.29) is 0 Å². The van der Waals surface area contributed by atoms with Crippen LogP contribution in [0.1, 0.15) is 12.5 Å². The van der Waals surface area contributed by atoms with E-state index in [0.29, 0.717) is 17.1 Å². The number of hydrogen-bond donors (Lipinski definition) is 0. The van der Waals surface area contributed by atoms with Gasteiger partial charge < -0.3 is 9.47 Å². The Morgan fingerprint density at radius 2 is 1.70 bits per heavy atom. The minimum Gasteiger partial charge on any atom is -0.425 e. The third kappa shape index (κ3) is 1.77. The Hall–Kier alpha value is -2.62. The Labute approximate surface area is 115 Å². The summed E-state index contributed by atoms with van der Waals surface area (Å²) in [6.45, 7) is 1.52. The Balaban J connectivity index is 1.96. The normalized spacial score (nSPS) is 20.1. The van der Waals surface area contributed by atoms with E-state index in [0.717, 1.165) is 0 Å². The van der Waals surface area contributed by atoms with Crippen molar-refractivity contribution in [2.45, 2.75) is 12.3 Å². The highest BCUT2D eigenvalue weighted by molar-refractivity contribution is 6.10. The molecule has 0 fully saturated rings. The molecule has 0 unspecified atom stereocenters. The number of ether oxygens (including phenoxy) is 2. The molecule has 0 saturated heterocycles. The number of carbonyl (C=O) groups excluding carboxylic acids is 2. The fraction of sp³-hybridized carbons (Fsp3) is 0.125. The summed E-state index contributed by atoms with van der Waals surface area (Å²) in [5.74, 6) is -0.445. The summed E-state index contributed by atoms with van der Waals surface area (Å²) in [7, 11) is 0. The Morgan fingerprint density at radius 3 is 2.45 bits per heavy atom. The van der Waals surface area contributed by atoms with Crippen molar-refractivity contribution < 1.29 is 19.1 Å². The number of rotatable bonds is 2. The van der Waals surface area contributed by atoms with Crippen molar-refractivity contribution in [3.8, 4) is 11.5 Å². The second kappa shape index (κ2) is 4.49. The van der Waals surface area contributed by atoms with Gasteiger partial charge in [0, 0.05) is 5.56 Å². The molecular formula is C16H12O4. The molecule has 2 aromatic rings. The number of esters is 2. The first-order valence-corrected chi connectivity index (χ1v) is 6.21. The highest BCUT2D eigenvalue weighted by Gasteiger charge is 2.52. The molecule has 4 nitrogen and oxygen atoms in total. The van der Waals surface area contributed by atoms with Crippen LogP contribution in [-0.2, 0) is 15.0 Å². The van der Waals surface area contributed by atoms with Gasteiger partial charge in [-0.15, -0.1) is 0 Å². The first-order chi connectivity index (χ1) is 9.62. The minimum atomic E-state index is -1.42. The van der Waals surface area contributed by atoms with E-state index < -0.39 is 17.4 Å². The van der Waals surface area contributed by atoms with Crippen LogP contribution in [0.15, 0.2) is 54.6 Å². The van der Waals surface area contributed by atoms with Gasteiger partial charge in [0.25, 0.3) is 0 Å². The average Bonchev–Trinajstić information content (AvgIpc) is 2.73. The van der Waals surface area contributed by atoms with E-state index in [1.165, 1.54) is 6.92 Å². The van der Waals surface area contributed by atoms with Crippen molar-refractivity contribution in [1.82, 2.24) is 0 Å². The van der Waals surface area contributed by atoms with Crippen LogP contribution in [0, 0.1) is 0 Å². The van der Waals surface area contributed by atoms with Gasteiger partial charge in [-0.05, 0) is 25.1 Å². The second-order valence-corrected chi connectivity index (χ2v) is 4.71. The summed E-state index contributed by atoms with van der Waals surface area (Å²) in [4.78, 5) is 24.4. The molecule has 0 aliphatic carbocycles. The fourth-order valence-corrected chi connectivity index (χ4v) is 2.17. The largest absolute Gasteiger partial charge is 0.425 e. The van der Waals surface area contributed by atoms with Crippen LogP contribution in [0.3, 0.4) is 0 Å². The van der Waals surface area contributed by atoms with Crippen LogP contribution >= 0.6 is 0 Å². The molecule has 1 aliphatic heterocycles. The molecule has 0 amide bonds. The zero-order valence-corrected chi connectivity index (χ0v) is 10.8. The smallest absolute Gasteiger partial charge is 0.333 e. The van der Waals surface area contributed by atoms with Crippen LogP contribution < -0.4 is 9.47 Å². The van der Waals surface area contributed by atoms with Crippen LogP contribution in [-0.4, -0.2) is 11.9 Å². The standard InChI is InChI=1S/C16H12O4/c1-16(14(17)19-11-7-3-2-4-8-11)12-9-5-6-10-13(12)20-15(16)18/h2-10H,1H3/t16-/m1/s1. The van der Waals surface area contributed by atoms with Gasteiger partial charge in [-0.2, -0.15) is 0 Å². The molecule has 1 aliphatic rings. The van der Waals surface area contributed by atoms with Crippen LogP contribution in [0.5, 0.6) is 11.5 Å². The van der Waals surface area contributed by atoms with E-state index in [2.05, 4.69) is 0 Å². The van der Waals surface area contributed by atoms with E-state index in [1.807, 2.05) is 6.07 Å². The van der Waals surface area contributed by atoms with Gasteiger partial charge in [-0.1, -0.05) is 36.4 Å². The van der Waals surface area contributed by atoms with Gasteiger partial charge in [0.15, 0.2) is 5.41 Å². The van der Waals surface area contributed by atoms with E-state index in [4.69, 9.17) is 9.47 Å². The summed E-state index contributed by atoms with van der Waals surface area (Å²) < 4.78 is 10.4. The Morgan fingerprint density at radius 1 is 1.05 bits per heavy atom. The molecule has 20 heavy (non-hydrogen) atoms. The average molecular weight is 268 g/mol. The molecule has 0 saturated carbocycles. The molecule has 0 spiro atoms. The zero-order chi connectivity index (χ0) is 14.2. The van der Waals surface area contributed by atoms with Crippen molar-refractivity contribution in [3.05, 3.63) is 60.2 Å². The Bertz CT molecular complexity index is 678. The highest BCUT2D eigenvalue weighted by atomic mass is 16.6. The summed E-state index contributed by atoms with van der Waals surface area (Å²) in [6, 6.07) is 15.5. The molecule has 2 aromatic carbocycles. The lowest BCUT2D eigenvalue weighted by Gasteiger charge is -2.18. The second-order valence-electron chi connectivity index (χ2n) is 4.71. The summed E-state index contributed by atoms with van der Waals surface area (Å²) in [6.07, 6.45) is 0. The van der Waals surface area contributed by atoms with E-state index in [9.17, 15) is 9.59 Å². The van der Waals surface area contributed by atoms with Gasteiger partial charge >= 0.3 is 11.9 Å². The third-order valence-electron chi connectivity index (χ3n) is 3.40. The molecular weight excluding hydrogens is 256 g/mol. The van der Waals surface area contributed by atoms with Crippen LogP contribution in [0.4, 0.5) is 0 Å². The molecule has 0 radical (unpaired) electrons. The van der Waals surface area contributed by atoms with Crippen molar-refractivity contribution >= 4 is 11.9 Å². The predicted octanol–water partition coefficient (Wildman–Crippen LogP) is 2.47. The van der Waals surface area contributed by atoms with E-state index in [1.54, 1.807) is 48.5 Å². The number of para-hydroxylation sites is 2. The maximum absolute atomic E-state index is 12.4. The molecule has 0 bridgehead atoms. The maximum Gasteiger partial charge on any atom is 0.333 e. The maximum atomic E-state index is 12.4. The summed E-state index contributed by atoms with van der Waals surface area (Å²) in [5.41, 5.74) is -0.891. The van der Waals surface area contributed by atoms with Gasteiger partial charge in [0.05, 0.1) is 0 Å². The first-order valence-electron chi connectivity index (χ1n) is 6.21. The fourth-order valence-electron chi connectivity index (χ4n) is 2.17. The molecule has 0 aromatic heterocycles. The van der Waals surface area contributed by atoms with Gasteiger partial charge in [0.1, 0.15) is 11.5 Å². The monoisotopic (exact) mass is 268 g/mol. The van der Waals surface area contributed by atoms with E-state index >= 15 is 0 Å². The lowest BCUT2D eigenvalue weighted by molar-refractivity contribution is -0.151. The van der Waals surface area contributed by atoms with Gasteiger partial charge in [-0.25, -0.2) is 0 Å². The number of carbonyl (C=O) groups is 2. The molecule has 1 atom stereocenters. The minimum absolute atomic E-state index is 0.399. The Kier molecular flexibility index (Phi) is 2.79. The molecule has 1 heterocycles. The quantitative estimate of drug-likeness (QED) is 0.477. The highest BCUT2D eigenvalue weighted by Crippen LogP contribution is 2.40. The third-order valence-corrected chi connectivity index (χ3v) is 3.40. The SMILES string of the molecule is C[C@@]1(C(=O)Oc2ccccc2)C(=O)Oc2ccccc21. The van der Waals surface area contributed by atoms with Crippen molar-refractivity contribution in [2.24, 2.45) is 0 Å². The topological polar surface area (TPSA) is 52.6 Å². The van der Waals surface area contributed by atoms with Crippen molar-refractivity contribution in [3.63, 3.8) is 0 Å². The summed E-state index contributed by atoms with van der Waals surface area (Å²) in [5, 5.41) is 0. The predicted molar refractivity (Wildman–Crippen MR) is 71.5 cm³/mol. The molecule has 4 heteroatoms.